The Bertz CT molecular complexity index is 1690. The molecule has 202 valence electrons. The summed E-state index contributed by atoms with van der Waals surface area (Å²) in [5, 5.41) is 9.68. The van der Waals surface area contributed by atoms with E-state index < -0.39 is 6.67 Å². The summed E-state index contributed by atoms with van der Waals surface area (Å²) in [6, 6.07) is 12.9. The van der Waals surface area contributed by atoms with E-state index in [-0.39, 0.29) is 5.91 Å². The Labute approximate surface area is 230 Å². The highest BCUT2D eigenvalue weighted by Crippen LogP contribution is 2.27. The summed E-state index contributed by atoms with van der Waals surface area (Å²) in [7, 11) is 0. The predicted octanol–water partition coefficient (Wildman–Crippen LogP) is 5.50. The lowest BCUT2D eigenvalue weighted by atomic mass is 10.1. The van der Waals surface area contributed by atoms with E-state index in [0.29, 0.717) is 40.3 Å². The lowest BCUT2D eigenvalue weighted by Crippen LogP contribution is -2.13. The molecule has 0 aliphatic heterocycles. The van der Waals surface area contributed by atoms with Crippen molar-refractivity contribution in [2.45, 2.75) is 39.4 Å². The number of aromatic nitrogens is 6. The number of imidazole rings is 2. The molecule has 0 bridgehead atoms. The molecule has 5 aromatic rings. The van der Waals surface area contributed by atoms with Crippen molar-refractivity contribution < 1.29 is 9.18 Å². The van der Waals surface area contributed by atoms with Crippen LogP contribution in [0.2, 0.25) is 0 Å². The number of anilines is 4. The highest BCUT2D eigenvalue weighted by Gasteiger charge is 2.21. The molecule has 3 N–H and O–H groups in total. The highest BCUT2D eigenvalue weighted by molar-refractivity contribution is 6.05. The topological polar surface area (TPSA) is 115 Å². The Kier molecular flexibility index (Phi) is 6.69. The van der Waals surface area contributed by atoms with Gasteiger partial charge in [-0.3, -0.25) is 9.36 Å². The van der Waals surface area contributed by atoms with Gasteiger partial charge in [-0.1, -0.05) is 6.07 Å². The molecule has 0 saturated heterocycles. The number of amides is 1. The third-order valence-electron chi connectivity index (χ3n) is 6.62. The van der Waals surface area contributed by atoms with E-state index >= 15 is 0 Å². The molecule has 0 atom stereocenters. The first kappa shape index (κ1) is 25.2. The van der Waals surface area contributed by atoms with Crippen molar-refractivity contribution in [3.05, 3.63) is 96.1 Å². The molecule has 1 amide bonds. The largest absolute Gasteiger partial charge is 0.367 e. The summed E-state index contributed by atoms with van der Waals surface area (Å²) in [4.78, 5) is 30.6. The van der Waals surface area contributed by atoms with Crippen LogP contribution in [0.4, 0.5) is 27.5 Å². The van der Waals surface area contributed by atoms with Crippen LogP contribution >= 0.6 is 0 Å². The van der Waals surface area contributed by atoms with Crippen LogP contribution in [0, 0.1) is 13.8 Å². The number of rotatable bonds is 9. The van der Waals surface area contributed by atoms with Gasteiger partial charge in [-0.2, -0.15) is 0 Å². The zero-order valence-electron chi connectivity index (χ0n) is 22.1. The molecule has 0 unspecified atom stereocenters. The fourth-order valence-electron chi connectivity index (χ4n) is 4.33. The number of hydrogen-bond acceptors (Lipinski definition) is 7. The number of alkyl halides is 1. The van der Waals surface area contributed by atoms with Crippen LogP contribution in [0.3, 0.4) is 0 Å². The summed E-state index contributed by atoms with van der Waals surface area (Å²) < 4.78 is 17.2. The number of hydrogen-bond donors (Lipinski definition) is 3. The van der Waals surface area contributed by atoms with Gasteiger partial charge in [0.2, 0.25) is 5.95 Å². The predicted molar refractivity (Wildman–Crippen MR) is 151 cm³/mol. The minimum absolute atomic E-state index is 0.346. The Morgan fingerprint density at radius 2 is 1.93 bits per heavy atom. The van der Waals surface area contributed by atoms with Gasteiger partial charge < -0.3 is 20.5 Å². The standard InChI is InChI=1S/C29H28FN9O/c1-18-3-4-23(36-28(40)21-9-20(14-30)10-24(11-21)38-15-19(2)34-17-38)12-25(18)37-29-31-7-8-39(29)27-13-26(32-16-33-27)35-22-5-6-22/h3-4,7-13,15-17,22H,5-6,14H2,1-2H3,(H,31,37)(H,36,40)(H,32,33,35). The van der Waals surface area contributed by atoms with Crippen LogP contribution in [0.1, 0.15) is 40.0 Å². The molecule has 0 spiro atoms. The number of benzene rings is 2. The second kappa shape index (κ2) is 10.6. The van der Waals surface area contributed by atoms with Crippen LogP contribution in [0.25, 0.3) is 11.5 Å². The molecule has 1 aliphatic rings. The molecule has 1 aliphatic carbocycles. The van der Waals surface area contributed by atoms with Crippen LogP contribution in [0.5, 0.6) is 0 Å². The van der Waals surface area contributed by atoms with Crippen molar-refractivity contribution in [2.75, 3.05) is 16.0 Å². The number of halogens is 1. The fourth-order valence-corrected chi connectivity index (χ4v) is 4.33. The maximum atomic E-state index is 13.6. The molecule has 2 aromatic carbocycles. The average molecular weight is 538 g/mol. The molecule has 6 rings (SSSR count). The second-order valence-corrected chi connectivity index (χ2v) is 9.85. The van der Waals surface area contributed by atoms with Crippen molar-refractivity contribution in [1.29, 1.82) is 0 Å². The van der Waals surface area contributed by atoms with Crippen molar-refractivity contribution in [3.8, 4) is 11.5 Å². The minimum atomic E-state index is -0.683. The van der Waals surface area contributed by atoms with E-state index in [1.807, 2.05) is 55.1 Å². The first-order valence-corrected chi connectivity index (χ1v) is 13.0. The second-order valence-electron chi connectivity index (χ2n) is 9.85. The molecule has 3 aromatic heterocycles. The molecule has 40 heavy (non-hydrogen) atoms. The number of nitrogens with zero attached hydrogens (tertiary/aromatic N) is 6. The average Bonchev–Trinajstić information content (AvgIpc) is 3.46. The number of carbonyl (C=O) groups excluding carboxylic acids is 1. The Morgan fingerprint density at radius 1 is 1.05 bits per heavy atom. The summed E-state index contributed by atoms with van der Waals surface area (Å²) in [6.07, 6.45) is 10.8. The van der Waals surface area contributed by atoms with Crippen LogP contribution in [-0.4, -0.2) is 41.0 Å². The van der Waals surface area contributed by atoms with Gasteiger partial charge in [0.25, 0.3) is 5.91 Å². The van der Waals surface area contributed by atoms with Crippen molar-refractivity contribution in [2.24, 2.45) is 0 Å². The van der Waals surface area contributed by atoms with Crippen LogP contribution < -0.4 is 16.0 Å². The van der Waals surface area contributed by atoms with E-state index in [1.165, 1.54) is 6.33 Å². The third-order valence-corrected chi connectivity index (χ3v) is 6.62. The zero-order valence-corrected chi connectivity index (χ0v) is 22.1. The molecular formula is C29H28FN9O. The normalized spacial score (nSPS) is 12.8. The molecule has 11 heteroatoms. The summed E-state index contributed by atoms with van der Waals surface area (Å²) in [5.41, 5.74) is 4.56. The highest BCUT2D eigenvalue weighted by atomic mass is 19.1. The van der Waals surface area contributed by atoms with Crippen molar-refractivity contribution in [3.63, 3.8) is 0 Å². The van der Waals surface area contributed by atoms with Gasteiger partial charge in [0.05, 0.1) is 12.0 Å². The van der Waals surface area contributed by atoms with E-state index in [2.05, 4.69) is 35.9 Å². The van der Waals surface area contributed by atoms with E-state index in [1.54, 1.807) is 35.3 Å². The first-order chi connectivity index (χ1) is 19.4. The Hall–Kier alpha value is -5.06. The lowest BCUT2D eigenvalue weighted by Gasteiger charge is -2.14. The minimum Gasteiger partial charge on any atom is -0.367 e. The number of carbonyl (C=O) groups is 1. The third kappa shape index (κ3) is 5.53. The lowest BCUT2D eigenvalue weighted by molar-refractivity contribution is 0.102. The van der Waals surface area contributed by atoms with Crippen molar-refractivity contribution in [1.82, 2.24) is 29.1 Å². The molecule has 3 heterocycles. The summed E-state index contributed by atoms with van der Waals surface area (Å²) >= 11 is 0. The summed E-state index contributed by atoms with van der Waals surface area (Å²) in [5.74, 6) is 1.67. The molecule has 10 nitrogen and oxygen atoms in total. The van der Waals surface area contributed by atoms with Gasteiger partial charge >= 0.3 is 0 Å². The van der Waals surface area contributed by atoms with Gasteiger partial charge in [-0.05, 0) is 68.1 Å². The van der Waals surface area contributed by atoms with E-state index in [9.17, 15) is 9.18 Å². The van der Waals surface area contributed by atoms with Crippen LogP contribution in [-0.2, 0) is 6.67 Å². The number of aryl methyl sites for hydroxylation is 2. The SMILES string of the molecule is Cc1cn(-c2cc(CF)cc(C(=O)Nc3ccc(C)c(Nc4nccn4-c4cc(NC5CC5)ncn4)c3)c2)cn1. The fraction of sp³-hybridized carbons (Fsp3) is 0.207. The number of nitrogens with one attached hydrogen (secondary N) is 3. The Balaban J connectivity index is 1.22. The maximum Gasteiger partial charge on any atom is 0.255 e. The molecule has 1 saturated carbocycles. The molecule has 0 radical (unpaired) electrons. The molecule has 1 fully saturated rings. The van der Waals surface area contributed by atoms with Gasteiger partial charge in [0.1, 0.15) is 24.6 Å². The smallest absolute Gasteiger partial charge is 0.255 e. The maximum absolute atomic E-state index is 13.6. The van der Waals surface area contributed by atoms with Crippen molar-refractivity contribution >= 4 is 29.0 Å². The molecular weight excluding hydrogens is 509 g/mol. The van der Waals surface area contributed by atoms with Crippen LogP contribution in [0.15, 0.2) is 73.7 Å². The van der Waals surface area contributed by atoms with Gasteiger partial charge in [0, 0.05) is 53.3 Å². The Morgan fingerprint density at radius 3 is 2.70 bits per heavy atom. The first-order valence-electron chi connectivity index (χ1n) is 13.0. The van der Waals surface area contributed by atoms with Gasteiger partial charge in [-0.25, -0.2) is 24.3 Å². The summed E-state index contributed by atoms with van der Waals surface area (Å²) in [6.45, 7) is 3.15. The quantitative estimate of drug-likeness (QED) is 0.227. The van der Waals surface area contributed by atoms with E-state index in [0.717, 1.165) is 35.6 Å². The zero-order chi connectivity index (χ0) is 27.6. The van der Waals surface area contributed by atoms with E-state index in [4.69, 9.17) is 0 Å². The van der Waals surface area contributed by atoms with Gasteiger partial charge in [-0.15, -0.1) is 0 Å². The van der Waals surface area contributed by atoms with Gasteiger partial charge in [0.15, 0.2) is 0 Å². The monoisotopic (exact) mass is 537 g/mol.